The lowest BCUT2D eigenvalue weighted by molar-refractivity contribution is -0.383. The van der Waals surface area contributed by atoms with Gasteiger partial charge in [-0.2, -0.15) is 0 Å². The third-order valence-corrected chi connectivity index (χ3v) is 3.45. The molecule has 0 atom stereocenters. The number of rotatable bonds is 4. The van der Waals surface area contributed by atoms with Gasteiger partial charge >= 0.3 is 0 Å². The molecule has 0 radical (unpaired) electrons. The Morgan fingerprint density at radius 2 is 2.33 bits per heavy atom. The normalized spacial score (nSPS) is 10.3. The van der Waals surface area contributed by atoms with E-state index < -0.39 is 4.92 Å². The summed E-state index contributed by atoms with van der Waals surface area (Å²) >= 11 is 7.26. The Hall–Kier alpha value is -1.66. The molecule has 0 saturated heterocycles. The summed E-state index contributed by atoms with van der Waals surface area (Å²) in [6, 6.07) is 4.54. The number of benzene rings is 1. The van der Waals surface area contributed by atoms with Crippen LogP contribution in [0.2, 0.25) is 5.02 Å². The van der Waals surface area contributed by atoms with Crippen molar-refractivity contribution in [2.45, 2.75) is 13.5 Å². The van der Waals surface area contributed by atoms with Gasteiger partial charge in [-0.25, -0.2) is 4.98 Å². The predicted molar refractivity (Wildman–Crippen MR) is 72.3 cm³/mol. The molecule has 0 aliphatic carbocycles. The van der Waals surface area contributed by atoms with Crippen molar-refractivity contribution in [3.63, 3.8) is 0 Å². The van der Waals surface area contributed by atoms with Gasteiger partial charge in [0.2, 0.25) is 0 Å². The Bertz CT molecular complexity index is 585. The number of halogens is 1. The van der Waals surface area contributed by atoms with E-state index in [1.165, 1.54) is 17.4 Å². The summed E-state index contributed by atoms with van der Waals surface area (Å²) in [4.78, 5) is 14.7. The van der Waals surface area contributed by atoms with Gasteiger partial charge in [0.1, 0.15) is 10.7 Å². The van der Waals surface area contributed by atoms with Gasteiger partial charge in [-0.3, -0.25) is 10.1 Å². The summed E-state index contributed by atoms with van der Waals surface area (Å²) in [7, 11) is 0. The summed E-state index contributed by atoms with van der Waals surface area (Å²) in [6.45, 7) is 2.37. The van der Waals surface area contributed by atoms with Crippen LogP contribution in [-0.4, -0.2) is 9.91 Å². The van der Waals surface area contributed by atoms with Crippen molar-refractivity contribution < 1.29 is 4.92 Å². The van der Waals surface area contributed by atoms with Gasteiger partial charge in [-0.05, 0) is 19.1 Å². The first-order valence-corrected chi connectivity index (χ1v) is 6.41. The van der Waals surface area contributed by atoms with E-state index in [1.54, 1.807) is 12.1 Å². The summed E-state index contributed by atoms with van der Waals surface area (Å²) in [6.07, 6.45) is 0. The minimum absolute atomic E-state index is 0.0317. The van der Waals surface area contributed by atoms with Gasteiger partial charge in [0.15, 0.2) is 0 Å². The Labute approximate surface area is 113 Å². The highest BCUT2D eigenvalue weighted by Gasteiger charge is 2.14. The van der Waals surface area contributed by atoms with Crippen LogP contribution in [0, 0.1) is 17.0 Å². The molecule has 94 valence electrons. The number of nitrogens with one attached hydrogen (secondary N) is 1. The number of nitrogens with zero attached hydrogens (tertiary/aromatic N) is 2. The molecule has 1 N–H and O–H groups in total. The first kappa shape index (κ1) is 12.8. The standard InChI is InChI=1S/C11H10ClN3O2S/c1-7-6-18-11(14-7)5-13-9-3-2-8(12)4-10(9)15(16)17/h2-4,6,13H,5H2,1H3. The second kappa shape index (κ2) is 5.32. The van der Waals surface area contributed by atoms with Crippen LogP contribution in [0.3, 0.4) is 0 Å². The summed E-state index contributed by atoms with van der Waals surface area (Å²) in [5.74, 6) is 0. The number of aromatic nitrogens is 1. The number of nitro benzene ring substituents is 1. The van der Waals surface area contributed by atoms with Crippen LogP contribution in [-0.2, 0) is 6.54 Å². The number of hydrogen-bond donors (Lipinski definition) is 1. The zero-order chi connectivity index (χ0) is 13.1. The molecule has 1 heterocycles. The molecular weight excluding hydrogens is 274 g/mol. The molecule has 0 aliphatic heterocycles. The van der Waals surface area contributed by atoms with E-state index >= 15 is 0 Å². The van der Waals surface area contributed by atoms with Crippen LogP contribution in [0.1, 0.15) is 10.7 Å². The molecule has 1 aromatic heterocycles. The van der Waals surface area contributed by atoms with Crippen molar-refractivity contribution in [1.82, 2.24) is 4.98 Å². The topological polar surface area (TPSA) is 68.1 Å². The van der Waals surface area contributed by atoms with Crippen LogP contribution in [0.5, 0.6) is 0 Å². The lowest BCUT2D eigenvalue weighted by Crippen LogP contribution is -2.02. The Morgan fingerprint density at radius 3 is 2.94 bits per heavy atom. The zero-order valence-corrected chi connectivity index (χ0v) is 11.1. The van der Waals surface area contributed by atoms with E-state index in [0.717, 1.165) is 10.7 Å². The highest BCUT2D eigenvalue weighted by molar-refractivity contribution is 7.09. The minimum Gasteiger partial charge on any atom is -0.373 e. The smallest absolute Gasteiger partial charge is 0.293 e. The zero-order valence-electron chi connectivity index (χ0n) is 9.51. The lowest BCUT2D eigenvalue weighted by Gasteiger charge is -2.05. The number of nitro groups is 1. The van der Waals surface area contributed by atoms with Crippen LogP contribution in [0.4, 0.5) is 11.4 Å². The third-order valence-electron chi connectivity index (χ3n) is 2.25. The molecule has 0 saturated carbocycles. The summed E-state index contributed by atoms with van der Waals surface area (Å²) in [5, 5.41) is 17.1. The Balaban J connectivity index is 2.16. The summed E-state index contributed by atoms with van der Waals surface area (Å²) < 4.78 is 0. The molecule has 18 heavy (non-hydrogen) atoms. The fourth-order valence-electron chi connectivity index (χ4n) is 1.46. The second-order valence-corrected chi connectivity index (χ2v) is 5.03. The van der Waals surface area contributed by atoms with Crippen molar-refractivity contribution in [3.05, 3.63) is 49.4 Å². The van der Waals surface area contributed by atoms with E-state index in [-0.39, 0.29) is 5.69 Å². The number of hydrogen-bond acceptors (Lipinski definition) is 5. The molecule has 0 unspecified atom stereocenters. The molecule has 2 aromatic rings. The largest absolute Gasteiger partial charge is 0.373 e. The van der Waals surface area contributed by atoms with E-state index in [9.17, 15) is 10.1 Å². The van der Waals surface area contributed by atoms with Gasteiger partial charge in [0.25, 0.3) is 5.69 Å². The van der Waals surface area contributed by atoms with Crippen LogP contribution in [0.15, 0.2) is 23.6 Å². The number of thiazole rings is 1. The molecule has 5 nitrogen and oxygen atoms in total. The van der Waals surface area contributed by atoms with E-state index in [1.807, 2.05) is 12.3 Å². The maximum atomic E-state index is 10.9. The lowest BCUT2D eigenvalue weighted by atomic mass is 10.2. The van der Waals surface area contributed by atoms with E-state index in [4.69, 9.17) is 11.6 Å². The first-order chi connectivity index (χ1) is 8.56. The summed E-state index contributed by atoms with van der Waals surface area (Å²) in [5.41, 5.74) is 1.36. The minimum atomic E-state index is -0.457. The van der Waals surface area contributed by atoms with Crippen LogP contribution in [0.25, 0.3) is 0 Å². The van der Waals surface area contributed by atoms with Crippen molar-refractivity contribution in [2.24, 2.45) is 0 Å². The number of aryl methyl sites for hydroxylation is 1. The van der Waals surface area contributed by atoms with Crippen molar-refractivity contribution in [2.75, 3.05) is 5.32 Å². The van der Waals surface area contributed by atoms with Gasteiger partial charge in [0.05, 0.1) is 11.5 Å². The Morgan fingerprint density at radius 1 is 1.56 bits per heavy atom. The van der Waals surface area contributed by atoms with Crippen molar-refractivity contribution in [3.8, 4) is 0 Å². The molecule has 0 fully saturated rings. The molecule has 0 spiro atoms. The number of anilines is 1. The maximum Gasteiger partial charge on any atom is 0.293 e. The monoisotopic (exact) mass is 283 g/mol. The highest BCUT2D eigenvalue weighted by atomic mass is 35.5. The van der Waals surface area contributed by atoms with E-state index in [0.29, 0.717) is 17.3 Å². The predicted octanol–water partition coefficient (Wildman–Crippen LogP) is 3.63. The average molecular weight is 284 g/mol. The molecule has 2 rings (SSSR count). The fraction of sp³-hybridized carbons (Fsp3) is 0.182. The van der Waals surface area contributed by atoms with Gasteiger partial charge in [-0.15, -0.1) is 11.3 Å². The highest BCUT2D eigenvalue weighted by Crippen LogP contribution is 2.28. The fourth-order valence-corrected chi connectivity index (χ4v) is 2.34. The van der Waals surface area contributed by atoms with Gasteiger partial charge in [0, 0.05) is 22.2 Å². The second-order valence-electron chi connectivity index (χ2n) is 3.65. The van der Waals surface area contributed by atoms with Crippen molar-refractivity contribution in [1.29, 1.82) is 0 Å². The van der Waals surface area contributed by atoms with Crippen molar-refractivity contribution >= 4 is 34.3 Å². The van der Waals surface area contributed by atoms with Gasteiger partial charge < -0.3 is 5.32 Å². The molecule has 1 aromatic carbocycles. The molecule has 0 bridgehead atoms. The molecule has 0 aliphatic rings. The van der Waals surface area contributed by atoms with Crippen LogP contribution < -0.4 is 5.32 Å². The maximum absolute atomic E-state index is 10.9. The molecular formula is C11H10ClN3O2S. The quantitative estimate of drug-likeness (QED) is 0.687. The SMILES string of the molecule is Cc1csc(CNc2ccc(Cl)cc2[N+](=O)[O-])n1. The first-order valence-electron chi connectivity index (χ1n) is 5.15. The molecule has 0 amide bonds. The average Bonchev–Trinajstić information content (AvgIpc) is 2.73. The third kappa shape index (κ3) is 2.96. The van der Waals surface area contributed by atoms with Gasteiger partial charge in [-0.1, -0.05) is 11.6 Å². The molecule has 7 heteroatoms. The Kier molecular flexibility index (Phi) is 3.78. The van der Waals surface area contributed by atoms with Crippen LogP contribution >= 0.6 is 22.9 Å². The van der Waals surface area contributed by atoms with E-state index in [2.05, 4.69) is 10.3 Å².